The largest absolute Gasteiger partial charge is 0.478 e. The monoisotopic (exact) mass is 332 g/mol. The molecule has 1 saturated heterocycles. The van der Waals surface area contributed by atoms with E-state index in [1.807, 2.05) is 0 Å². The zero-order chi connectivity index (χ0) is 17.9. The van der Waals surface area contributed by atoms with Crippen LogP contribution in [-0.2, 0) is 9.59 Å². The maximum atomic E-state index is 9.55. The summed E-state index contributed by atoms with van der Waals surface area (Å²) in [6.07, 6.45) is 7.18. The molecule has 2 rings (SSSR count). The van der Waals surface area contributed by atoms with E-state index in [9.17, 15) is 9.59 Å². The molecular weight excluding hydrogens is 308 g/mol. The van der Waals surface area contributed by atoms with Gasteiger partial charge in [-0.05, 0) is 43.0 Å². The first kappa shape index (κ1) is 19.3. The number of carboxylic acid groups (broad SMARTS) is 2. The van der Waals surface area contributed by atoms with Crippen molar-refractivity contribution in [1.82, 2.24) is 5.32 Å². The van der Waals surface area contributed by atoms with Crippen LogP contribution in [0.3, 0.4) is 0 Å². The van der Waals surface area contributed by atoms with Gasteiger partial charge in [-0.1, -0.05) is 12.1 Å². The van der Waals surface area contributed by atoms with Gasteiger partial charge in [-0.3, -0.25) is 0 Å². The van der Waals surface area contributed by atoms with E-state index < -0.39 is 11.9 Å². The van der Waals surface area contributed by atoms with Gasteiger partial charge in [-0.2, -0.15) is 0 Å². The number of hydrogen-bond donors (Lipinski definition) is 3. The summed E-state index contributed by atoms with van der Waals surface area (Å²) in [4.78, 5) is 21.2. The molecule has 0 amide bonds. The van der Waals surface area contributed by atoms with E-state index in [2.05, 4.69) is 54.7 Å². The Morgan fingerprint density at radius 2 is 1.62 bits per heavy atom. The van der Waals surface area contributed by atoms with Gasteiger partial charge in [0.1, 0.15) is 0 Å². The molecule has 0 unspecified atom stereocenters. The lowest BCUT2D eigenvalue weighted by molar-refractivity contribution is -0.134. The highest BCUT2D eigenvalue weighted by molar-refractivity contribution is 5.89. The van der Waals surface area contributed by atoms with E-state index in [0.717, 1.165) is 6.54 Å². The number of benzene rings is 1. The summed E-state index contributed by atoms with van der Waals surface area (Å²) in [5, 5.41) is 19.1. The van der Waals surface area contributed by atoms with E-state index >= 15 is 0 Å². The van der Waals surface area contributed by atoms with Crippen molar-refractivity contribution < 1.29 is 19.8 Å². The molecule has 0 aromatic heterocycles. The summed E-state index contributed by atoms with van der Waals surface area (Å²) in [6.45, 7) is 1.13. The molecule has 6 heteroatoms. The first-order valence-electron chi connectivity index (χ1n) is 7.74. The Morgan fingerprint density at radius 1 is 1.04 bits per heavy atom. The Bertz CT molecular complexity index is 580. The predicted octanol–water partition coefficient (Wildman–Crippen LogP) is 2.58. The molecule has 24 heavy (non-hydrogen) atoms. The van der Waals surface area contributed by atoms with Crippen LogP contribution in [0.15, 0.2) is 42.1 Å². The molecule has 0 bridgehead atoms. The van der Waals surface area contributed by atoms with Crippen LogP contribution in [0.5, 0.6) is 0 Å². The van der Waals surface area contributed by atoms with Crippen LogP contribution < -0.4 is 10.2 Å². The lowest BCUT2D eigenvalue weighted by Crippen LogP contribution is -2.19. The average molecular weight is 332 g/mol. The Kier molecular flexibility index (Phi) is 8.11. The van der Waals surface area contributed by atoms with Crippen LogP contribution in [0, 0.1) is 0 Å². The first-order chi connectivity index (χ1) is 11.4. The summed E-state index contributed by atoms with van der Waals surface area (Å²) in [5.41, 5.74) is 3.91. The molecule has 0 saturated carbocycles. The van der Waals surface area contributed by atoms with Crippen molar-refractivity contribution in [2.24, 2.45) is 0 Å². The minimum Gasteiger partial charge on any atom is -0.478 e. The predicted molar refractivity (Wildman–Crippen MR) is 95.0 cm³/mol. The Balaban J connectivity index is 0.000000307. The molecule has 6 nitrogen and oxygen atoms in total. The summed E-state index contributed by atoms with van der Waals surface area (Å²) < 4.78 is 0. The van der Waals surface area contributed by atoms with Gasteiger partial charge in [0.05, 0.1) is 0 Å². The molecule has 1 aromatic carbocycles. The zero-order valence-electron chi connectivity index (χ0n) is 14.0. The number of anilines is 1. The van der Waals surface area contributed by atoms with Crippen molar-refractivity contribution in [2.75, 3.05) is 25.5 Å². The van der Waals surface area contributed by atoms with Gasteiger partial charge in [0, 0.05) is 44.2 Å². The fourth-order valence-corrected chi connectivity index (χ4v) is 2.11. The molecule has 1 aliphatic heterocycles. The molecule has 0 aliphatic carbocycles. The van der Waals surface area contributed by atoms with E-state index in [1.54, 1.807) is 0 Å². The van der Waals surface area contributed by atoms with Gasteiger partial charge in [0.25, 0.3) is 0 Å². The fraction of sp³-hybridized carbons (Fsp3) is 0.333. The number of carbonyl (C=O) groups is 2. The van der Waals surface area contributed by atoms with Gasteiger partial charge in [0.2, 0.25) is 0 Å². The molecule has 1 heterocycles. The summed E-state index contributed by atoms with van der Waals surface area (Å²) in [6, 6.07) is 8.68. The van der Waals surface area contributed by atoms with Gasteiger partial charge >= 0.3 is 11.9 Å². The highest BCUT2D eigenvalue weighted by atomic mass is 16.4. The third-order valence-corrected chi connectivity index (χ3v) is 3.34. The summed E-state index contributed by atoms with van der Waals surface area (Å²) in [7, 11) is 4.13. The average Bonchev–Trinajstić information content (AvgIpc) is 2.55. The molecule has 0 spiro atoms. The summed E-state index contributed by atoms with van der Waals surface area (Å²) in [5.74, 6) is -2.51. The standard InChI is InChI=1S/C14H20N2.C4H4O4/c1-16(2)14-8-6-12(7-9-14)11-13-5-3-4-10-15-13;5-3(6)1-2-4(7)8/h6-9,11,15H,3-5,10H2,1-2H3;1-2H,(H,5,6)(H,7,8)/b;2-1+. The second-order valence-electron chi connectivity index (χ2n) is 5.55. The third-order valence-electron chi connectivity index (χ3n) is 3.34. The zero-order valence-corrected chi connectivity index (χ0v) is 14.0. The van der Waals surface area contributed by atoms with Crippen molar-refractivity contribution in [3.05, 3.63) is 47.7 Å². The van der Waals surface area contributed by atoms with Crippen molar-refractivity contribution in [3.8, 4) is 0 Å². The van der Waals surface area contributed by atoms with E-state index in [0.29, 0.717) is 12.2 Å². The van der Waals surface area contributed by atoms with Crippen molar-refractivity contribution in [1.29, 1.82) is 0 Å². The van der Waals surface area contributed by atoms with Crippen LogP contribution >= 0.6 is 0 Å². The second kappa shape index (κ2) is 10.1. The molecule has 3 N–H and O–H groups in total. The van der Waals surface area contributed by atoms with Gasteiger partial charge < -0.3 is 20.4 Å². The Hall–Kier alpha value is -2.76. The van der Waals surface area contributed by atoms with Gasteiger partial charge in [-0.25, -0.2) is 9.59 Å². The Labute approximate surface area is 142 Å². The van der Waals surface area contributed by atoms with Crippen molar-refractivity contribution in [2.45, 2.75) is 19.3 Å². The Morgan fingerprint density at radius 3 is 2.04 bits per heavy atom. The maximum absolute atomic E-state index is 9.55. The van der Waals surface area contributed by atoms with Crippen LogP contribution in [0.1, 0.15) is 24.8 Å². The van der Waals surface area contributed by atoms with Crippen LogP contribution in [0.2, 0.25) is 0 Å². The number of rotatable bonds is 4. The van der Waals surface area contributed by atoms with Crippen molar-refractivity contribution >= 4 is 23.7 Å². The molecule has 1 fully saturated rings. The number of aliphatic carboxylic acids is 2. The SMILES string of the molecule is CN(C)c1ccc(C=C2CCCCN2)cc1.O=C(O)/C=C/C(=O)O. The molecule has 0 radical (unpaired) electrons. The lowest BCUT2D eigenvalue weighted by Gasteiger charge is -2.17. The van der Waals surface area contributed by atoms with Crippen LogP contribution in [0.4, 0.5) is 5.69 Å². The second-order valence-corrected chi connectivity index (χ2v) is 5.55. The minimum absolute atomic E-state index is 0.558. The van der Waals surface area contributed by atoms with Gasteiger partial charge in [0.15, 0.2) is 0 Å². The fourth-order valence-electron chi connectivity index (χ4n) is 2.11. The molecule has 130 valence electrons. The number of carboxylic acids is 2. The molecule has 1 aliphatic rings. The lowest BCUT2D eigenvalue weighted by atomic mass is 10.1. The van der Waals surface area contributed by atoms with E-state index in [-0.39, 0.29) is 0 Å². The van der Waals surface area contributed by atoms with Crippen LogP contribution in [-0.4, -0.2) is 42.8 Å². The third kappa shape index (κ3) is 8.03. The minimum atomic E-state index is -1.26. The highest BCUT2D eigenvalue weighted by Gasteiger charge is 2.03. The first-order valence-corrected chi connectivity index (χ1v) is 7.74. The molecule has 0 atom stereocenters. The maximum Gasteiger partial charge on any atom is 0.328 e. The molecule has 1 aromatic rings. The number of nitrogens with zero attached hydrogens (tertiary/aromatic N) is 1. The highest BCUT2D eigenvalue weighted by Crippen LogP contribution is 2.17. The topological polar surface area (TPSA) is 89.9 Å². The number of nitrogens with one attached hydrogen (secondary N) is 1. The number of hydrogen-bond acceptors (Lipinski definition) is 4. The number of allylic oxidation sites excluding steroid dienone is 1. The van der Waals surface area contributed by atoms with E-state index in [1.165, 1.54) is 36.2 Å². The van der Waals surface area contributed by atoms with Crippen molar-refractivity contribution in [3.63, 3.8) is 0 Å². The van der Waals surface area contributed by atoms with Crippen LogP contribution in [0.25, 0.3) is 6.08 Å². The smallest absolute Gasteiger partial charge is 0.328 e. The number of piperidine rings is 1. The molecular formula is C18H24N2O4. The normalized spacial score (nSPS) is 15.3. The van der Waals surface area contributed by atoms with E-state index in [4.69, 9.17) is 10.2 Å². The summed E-state index contributed by atoms with van der Waals surface area (Å²) >= 11 is 0. The quantitative estimate of drug-likeness (QED) is 0.734. The van der Waals surface area contributed by atoms with Gasteiger partial charge in [-0.15, -0.1) is 0 Å².